The van der Waals surface area contributed by atoms with Crippen LogP contribution in [0, 0.1) is 23.2 Å². The first-order valence-electron chi connectivity index (χ1n) is 14.0. The van der Waals surface area contributed by atoms with Crippen LogP contribution in [0.2, 0.25) is 0 Å². The lowest BCUT2D eigenvalue weighted by Gasteiger charge is -2.29. The highest BCUT2D eigenvalue weighted by Crippen LogP contribution is 2.22. The van der Waals surface area contributed by atoms with Crippen molar-refractivity contribution < 1.29 is 23.9 Å². The molecule has 0 unspecified atom stereocenters. The molecule has 1 heterocycles. The Morgan fingerprint density at radius 2 is 1.88 bits per heavy atom. The molecule has 4 atom stereocenters. The van der Waals surface area contributed by atoms with Crippen LogP contribution in [0.4, 0.5) is 0 Å². The molecule has 0 radical (unpaired) electrons. The molecule has 1 rings (SSSR count). The number of amides is 2. The van der Waals surface area contributed by atoms with E-state index in [0.717, 1.165) is 5.57 Å². The van der Waals surface area contributed by atoms with Gasteiger partial charge in [-0.1, -0.05) is 69.7 Å². The lowest BCUT2D eigenvalue weighted by atomic mass is 9.86. The summed E-state index contributed by atoms with van der Waals surface area (Å²) in [5.74, 6) is 5.06. The second-order valence-electron chi connectivity index (χ2n) is 11.4. The van der Waals surface area contributed by atoms with Crippen LogP contribution in [0.5, 0.6) is 0 Å². The summed E-state index contributed by atoms with van der Waals surface area (Å²) in [4.78, 5) is 37.3. The van der Waals surface area contributed by atoms with E-state index in [1.807, 2.05) is 72.8 Å². The Morgan fingerprint density at radius 3 is 2.48 bits per heavy atom. The van der Waals surface area contributed by atoms with Crippen molar-refractivity contribution in [2.45, 2.75) is 106 Å². The summed E-state index contributed by atoms with van der Waals surface area (Å²) in [5.41, 5.74) is 1.14. The predicted molar refractivity (Wildman–Crippen MR) is 161 cm³/mol. The smallest absolute Gasteiger partial charge is 0.333 e. The maximum atomic E-state index is 12.9. The third kappa shape index (κ3) is 13.6. The van der Waals surface area contributed by atoms with Crippen LogP contribution in [0.3, 0.4) is 0 Å². The molecular weight excluding hydrogens is 504 g/mol. The predicted octanol–water partition coefficient (Wildman–Crippen LogP) is 5.70. The van der Waals surface area contributed by atoms with Gasteiger partial charge in [-0.05, 0) is 52.7 Å². The van der Waals surface area contributed by atoms with Crippen LogP contribution in [-0.2, 0) is 23.9 Å². The van der Waals surface area contributed by atoms with Gasteiger partial charge >= 0.3 is 5.97 Å². The maximum absolute atomic E-state index is 12.9. The zero-order valence-electron chi connectivity index (χ0n) is 25.7. The van der Waals surface area contributed by atoms with E-state index in [2.05, 4.69) is 22.5 Å². The summed E-state index contributed by atoms with van der Waals surface area (Å²) >= 11 is 0. The lowest BCUT2D eigenvalue weighted by Crippen LogP contribution is -2.52. The molecule has 7 nitrogen and oxygen atoms in total. The van der Waals surface area contributed by atoms with Gasteiger partial charge in [-0.2, -0.15) is 0 Å². The van der Waals surface area contributed by atoms with E-state index in [1.54, 1.807) is 32.2 Å². The number of ether oxygens (including phenoxy) is 2. The molecule has 220 valence electrons. The fraction of sp³-hybridized carbons (Fsp3) is 0.545. The van der Waals surface area contributed by atoms with Crippen molar-refractivity contribution in [1.29, 1.82) is 0 Å². The first kappa shape index (κ1) is 34.7. The van der Waals surface area contributed by atoms with Crippen LogP contribution < -0.4 is 10.6 Å². The number of nitrogens with one attached hydrogen (secondary N) is 2. The molecule has 1 aliphatic heterocycles. The fourth-order valence-electron chi connectivity index (χ4n) is 4.00. The minimum Gasteiger partial charge on any atom is -0.458 e. The van der Waals surface area contributed by atoms with Crippen LogP contribution in [0.1, 0.15) is 81.6 Å². The number of allylic oxidation sites excluding steroid dienone is 4. The zero-order valence-corrected chi connectivity index (χ0v) is 25.7. The minimum absolute atomic E-state index is 0.0511. The summed E-state index contributed by atoms with van der Waals surface area (Å²) in [6, 6.07) is -0.731. The van der Waals surface area contributed by atoms with Gasteiger partial charge in [-0.15, -0.1) is 11.8 Å². The molecule has 0 saturated heterocycles. The molecule has 0 bridgehead atoms. The quantitative estimate of drug-likeness (QED) is 0.132. The van der Waals surface area contributed by atoms with Crippen molar-refractivity contribution >= 4 is 17.8 Å². The van der Waals surface area contributed by atoms with Crippen LogP contribution in [0.25, 0.3) is 0 Å². The summed E-state index contributed by atoms with van der Waals surface area (Å²) in [5, 5.41) is 5.60. The Kier molecular flexibility index (Phi) is 15.0. The highest BCUT2D eigenvalue weighted by atomic mass is 16.5. The molecule has 7 heteroatoms. The lowest BCUT2D eigenvalue weighted by molar-refractivity contribution is -0.147. The molecule has 0 aromatic heterocycles. The van der Waals surface area contributed by atoms with E-state index in [4.69, 9.17) is 9.47 Å². The highest BCUT2D eigenvalue weighted by molar-refractivity contribution is 5.93. The number of hydrogen-bond acceptors (Lipinski definition) is 5. The van der Waals surface area contributed by atoms with Crippen molar-refractivity contribution in [3.05, 3.63) is 59.9 Å². The van der Waals surface area contributed by atoms with Crippen molar-refractivity contribution in [1.82, 2.24) is 10.6 Å². The van der Waals surface area contributed by atoms with Crippen LogP contribution in [0.15, 0.2) is 59.9 Å². The second-order valence-corrected chi connectivity index (χ2v) is 11.4. The SMILES string of the molecule is CC#CC[C@@H](C/C=C\NC(=O)[C@@H](NC(=O)\C=C/C=C\C(C)=C\[C@H](C)[C@@H]1CC=C(C)C(=O)O1)C(C)(C)C)OC(C)C. The number of cyclic esters (lactones) is 1. The van der Waals surface area contributed by atoms with Crippen LogP contribution in [-0.4, -0.2) is 42.1 Å². The standard InChI is InChI=1S/C33H48N2O5/c1-10-11-16-27(39-23(2)3)17-14-21-34-31(37)30(33(7,8)9)35-29(36)18-13-12-15-24(4)22-26(6)28-20-19-25(5)32(38)40-28/h12-15,18-19,21-23,26-28,30H,16-17,20H2,1-9H3,(H,34,37)(H,35,36)/b15-12-,18-13-,21-14-,24-22+/t26-,27-,28-,30+/m0/s1. The number of hydrogen-bond donors (Lipinski definition) is 2. The van der Waals surface area contributed by atoms with Gasteiger partial charge < -0.3 is 20.1 Å². The summed E-state index contributed by atoms with van der Waals surface area (Å²) in [7, 11) is 0. The van der Waals surface area contributed by atoms with Gasteiger partial charge in [-0.25, -0.2) is 4.79 Å². The van der Waals surface area contributed by atoms with E-state index in [-0.39, 0.29) is 42.0 Å². The average molecular weight is 553 g/mol. The van der Waals surface area contributed by atoms with Gasteiger partial charge in [0.1, 0.15) is 12.1 Å². The largest absolute Gasteiger partial charge is 0.458 e. The fourth-order valence-corrected chi connectivity index (χ4v) is 4.00. The zero-order chi connectivity index (χ0) is 30.3. The maximum Gasteiger partial charge on any atom is 0.333 e. The summed E-state index contributed by atoms with van der Waals surface area (Å²) in [6.07, 6.45) is 15.9. The molecule has 0 saturated carbocycles. The summed E-state index contributed by atoms with van der Waals surface area (Å²) < 4.78 is 11.3. The van der Waals surface area contributed by atoms with Crippen LogP contribution >= 0.6 is 0 Å². The van der Waals surface area contributed by atoms with Gasteiger partial charge in [0.15, 0.2) is 0 Å². The molecule has 40 heavy (non-hydrogen) atoms. The molecule has 2 amide bonds. The first-order valence-corrected chi connectivity index (χ1v) is 14.0. The number of carbonyl (C=O) groups excluding carboxylic acids is 3. The monoisotopic (exact) mass is 552 g/mol. The third-order valence-corrected chi connectivity index (χ3v) is 6.20. The number of rotatable bonds is 13. The Balaban J connectivity index is 2.68. The van der Waals surface area contributed by atoms with Crippen molar-refractivity contribution in [3.63, 3.8) is 0 Å². The average Bonchev–Trinajstić information content (AvgIpc) is 2.86. The topological polar surface area (TPSA) is 93.7 Å². The van der Waals surface area contributed by atoms with E-state index < -0.39 is 11.5 Å². The minimum atomic E-state index is -0.731. The molecular formula is C33H48N2O5. The second kappa shape index (κ2) is 17.3. The third-order valence-electron chi connectivity index (χ3n) is 6.20. The Labute approximate surface area is 241 Å². The van der Waals surface area contributed by atoms with E-state index in [0.29, 0.717) is 24.8 Å². The molecule has 0 aromatic rings. The molecule has 0 aromatic carbocycles. The van der Waals surface area contributed by atoms with Gasteiger partial charge in [0, 0.05) is 30.4 Å². The number of esters is 1. The van der Waals surface area contributed by atoms with Crippen molar-refractivity contribution in [2.75, 3.05) is 0 Å². The van der Waals surface area contributed by atoms with Crippen molar-refractivity contribution in [3.8, 4) is 11.8 Å². The summed E-state index contributed by atoms with van der Waals surface area (Å²) in [6.45, 7) is 17.2. The van der Waals surface area contributed by atoms with Crippen molar-refractivity contribution in [2.24, 2.45) is 11.3 Å². The Bertz CT molecular complexity index is 1080. The van der Waals surface area contributed by atoms with E-state index in [1.165, 1.54) is 6.08 Å². The Hall–Kier alpha value is -3.37. The van der Waals surface area contributed by atoms with E-state index in [9.17, 15) is 14.4 Å². The normalized spacial score (nSPS) is 18.8. The molecule has 2 N–H and O–H groups in total. The molecule has 0 fully saturated rings. The van der Waals surface area contributed by atoms with Gasteiger partial charge in [0.25, 0.3) is 0 Å². The van der Waals surface area contributed by atoms with Gasteiger partial charge in [-0.3, -0.25) is 9.59 Å². The molecule has 1 aliphatic rings. The molecule has 0 spiro atoms. The number of carbonyl (C=O) groups is 3. The molecule has 0 aliphatic carbocycles. The van der Waals surface area contributed by atoms with E-state index >= 15 is 0 Å². The highest BCUT2D eigenvalue weighted by Gasteiger charge is 2.32. The van der Waals surface area contributed by atoms with Gasteiger partial charge in [0.05, 0.1) is 12.2 Å². The first-order chi connectivity index (χ1) is 18.7. The van der Waals surface area contributed by atoms with Gasteiger partial charge in [0.2, 0.25) is 11.8 Å². The Morgan fingerprint density at radius 1 is 1.20 bits per heavy atom.